The Bertz CT molecular complexity index is 593. The number of hydrogen-bond donors (Lipinski definition) is 0. The molecule has 0 aliphatic carbocycles. The molecule has 0 heterocycles. The first kappa shape index (κ1) is 15.0. The van der Waals surface area contributed by atoms with E-state index in [0.29, 0.717) is 24.9 Å². The molecule has 2 amide bonds. The first-order valence-corrected chi connectivity index (χ1v) is 7.16. The smallest absolute Gasteiger partial charge is 0.260 e. The molecule has 0 fully saturated rings. The highest BCUT2D eigenvalue weighted by Crippen LogP contribution is 2.09. The average molecular weight is 281 g/mol. The van der Waals surface area contributed by atoms with Gasteiger partial charge in [-0.25, -0.2) is 0 Å². The van der Waals surface area contributed by atoms with Crippen LogP contribution >= 0.6 is 0 Å². The summed E-state index contributed by atoms with van der Waals surface area (Å²) in [7, 11) is 0. The minimum absolute atomic E-state index is 0.139. The van der Waals surface area contributed by atoms with E-state index < -0.39 is 0 Å². The van der Waals surface area contributed by atoms with Crippen LogP contribution in [0.15, 0.2) is 60.7 Å². The molecule has 3 heteroatoms. The molecular weight excluding hydrogens is 262 g/mol. The molecule has 0 aromatic heterocycles. The van der Waals surface area contributed by atoms with Crippen LogP contribution in [0.2, 0.25) is 0 Å². The molecule has 0 radical (unpaired) electrons. The van der Waals surface area contributed by atoms with Gasteiger partial charge in [0.2, 0.25) is 5.91 Å². The Labute approximate surface area is 125 Å². The molecule has 0 spiro atoms. The van der Waals surface area contributed by atoms with Crippen molar-refractivity contribution < 1.29 is 9.59 Å². The van der Waals surface area contributed by atoms with Crippen molar-refractivity contribution >= 4 is 11.8 Å². The van der Waals surface area contributed by atoms with Crippen LogP contribution in [-0.4, -0.2) is 23.3 Å². The Hall–Kier alpha value is -2.42. The Morgan fingerprint density at radius 1 is 0.905 bits per heavy atom. The predicted octanol–water partition coefficient (Wildman–Crippen LogP) is 3.31. The van der Waals surface area contributed by atoms with E-state index in [0.717, 1.165) is 5.56 Å². The molecular formula is C18H19NO2. The van der Waals surface area contributed by atoms with E-state index in [9.17, 15) is 9.59 Å². The van der Waals surface area contributed by atoms with Crippen molar-refractivity contribution in [3.8, 4) is 0 Å². The van der Waals surface area contributed by atoms with Gasteiger partial charge in [-0.2, -0.15) is 0 Å². The van der Waals surface area contributed by atoms with Gasteiger partial charge in [-0.15, -0.1) is 0 Å². The van der Waals surface area contributed by atoms with Gasteiger partial charge in [0, 0.05) is 18.5 Å². The Balaban J connectivity index is 2.11. The molecule has 0 bridgehead atoms. The monoisotopic (exact) mass is 281 g/mol. The van der Waals surface area contributed by atoms with Gasteiger partial charge < -0.3 is 0 Å². The molecule has 0 saturated carbocycles. The third kappa shape index (κ3) is 4.02. The van der Waals surface area contributed by atoms with Crippen LogP contribution in [0, 0.1) is 0 Å². The third-order valence-corrected chi connectivity index (χ3v) is 3.34. The van der Waals surface area contributed by atoms with Crippen LogP contribution in [-0.2, 0) is 11.2 Å². The van der Waals surface area contributed by atoms with E-state index >= 15 is 0 Å². The Kier molecular flexibility index (Phi) is 5.27. The van der Waals surface area contributed by atoms with E-state index in [1.807, 2.05) is 36.4 Å². The zero-order valence-corrected chi connectivity index (χ0v) is 12.2. The average Bonchev–Trinajstić information content (AvgIpc) is 2.56. The Morgan fingerprint density at radius 2 is 1.48 bits per heavy atom. The van der Waals surface area contributed by atoms with Crippen molar-refractivity contribution in [1.82, 2.24) is 4.90 Å². The minimum atomic E-state index is -0.224. The summed E-state index contributed by atoms with van der Waals surface area (Å²) in [6.45, 7) is 2.18. The number of rotatable bonds is 5. The maximum Gasteiger partial charge on any atom is 0.260 e. The predicted molar refractivity (Wildman–Crippen MR) is 82.9 cm³/mol. The summed E-state index contributed by atoms with van der Waals surface area (Å²) in [5.74, 6) is -0.363. The molecule has 0 unspecified atom stereocenters. The molecule has 0 saturated heterocycles. The topological polar surface area (TPSA) is 37.4 Å². The van der Waals surface area contributed by atoms with Crippen LogP contribution in [0.4, 0.5) is 0 Å². The van der Waals surface area contributed by atoms with Crippen LogP contribution in [0.3, 0.4) is 0 Å². The van der Waals surface area contributed by atoms with E-state index in [-0.39, 0.29) is 11.8 Å². The van der Waals surface area contributed by atoms with Gasteiger partial charge in [-0.05, 0) is 24.1 Å². The molecule has 0 aliphatic rings. The highest BCUT2D eigenvalue weighted by Gasteiger charge is 2.20. The van der Waals surface area contributed by atoms with Crippen molar-refractivity contribution in [3.63, 3.8) is 0 Å². The summed E-state index contributed by atoms with van der Waals surface area (Å²) in [6.07, 6.45) is 0.999. The molecule has 0 aliphatic heterocycles. The number of carbonyl (C=O) groups excluding carboxylic acids is 2. The number of carbonyl (C=O) groups is 2. The largest absolute Gasteiger partial charge is 0.278 e. The van der Waals surface area contributed by atoms with E-state index in [1.165, 1.54) is 4.90 Å². The van der Waals surface area contributed by atoms with Gasteiger partial charge >= 0.3 is 0 Å². The van der Waals surface area contributed by atoms with Crippen LogP contribution < -0.4 is 0 Å². The first-order valence-electron chi connectivity index (χ1n) is 7.16. The Morgan fingerprint density at radius 3 is 2.05 bits per heavy atom. The molecule has 0 N–H and O–H groups in total. The number of amides is 2. The lowest BCUT2D eigenvalue weighted by molar-refractivity contribution is -0.128. The van der Waals surface area contributed by atoms with E-state index in [2.05, 4.69) is 0 Å². The fraction of sp³-hybridized carbons (Fsp3) is 0.222. The number of benzene rings is 2. The highest BCUT2D eigenvalue weighted by atomic mass is 16.2. The van der Waals surface area contributed by atoms with Crippen LogP contribution in [0.1, 0.15) is 29.3 Å². The zero-order chi connectivity index (χ0) is 15.1. The highest BCUT2D eigenvalue weighted by molar-refractivity contribution is 6.04. The summed E-state index contributed by atoms with van der Waals surface area (Å²) in [6, 6.07) is 18.8. The molecule has 2 aromatic rings. The number of imide groups is 1. The standard InChI is InChI=1S/C18H19NO2/c1-2-17(20)19(14-13-15-9-5-3-6-10-15)18(21)16-11-7-4-8-12-16/h3-12H,2,13-14H2,1H3. The van der Waals surface area contributed by atoms with Gasteiger partial charge in [-0.1, -0.05) is 55.5 Å². The molecule has 2 rings (SSSR count). The van der Waals surface area contributed by atoms with Crippen molar-refractivity contribution in [3.05, 3.63) is 71.8 Å². The SMILES string of the molecule is CCC(=O)N(CCc1ccccc1)C(=O)c1ccccc1. The van der Waals surface area contributed by atoms with Gasteiger partial charge in [0.1, 0.15) is 0 Å². The summed E-state index contributed by atoms with van der Waals surface area (Å²) in [5.41, 5.74) is 1.67. The zero-order valence-electron chi connectivity index (χ0n) is 12.2. The van der Waals surface area contributed by atoms with E-state index in [4.69, 9.17) is 0 Å². The number of hydrogen-bond acceptors (Lipinski definition) is 2. The molecule has 3 nitrogen and oxygen atoms in total. The lowest BCUT2D eigenvalue weighted by atomic mass is 10.1. The first-order chi connectivity index (χ1) is 10.2. The lowest BCUT2D eigenvalue weighted by Crippen LogP contribution is -2.38. The normalized spacial score (nSPS) is 10.1. The van der Waals surface area contributed by atoms with E-state index in [1.54, 1.807) is 31.2 Å². The minimum Gasteiger partial charge on any atom is -0.278 e. The maximum atomic E-state index is 12.5. The van der Waals surface area contributed by atoms with Crippen molar-refractivity contribution in [2.45, 2.75) is 19.8 Å². The van der Waals surface area contributed by atoms with Gasteiger partial charge in [-0.3, -0.25) is 14.5 Å². The second-order valence-corrected chi connectivity index (χ2v) is 4.81. The molecule has 0 atom stereocenters. The summed E-state index contributed by atoms with van der Waals surface area (Å²) >= 11 is 0. The molecule has 2 aromatic carbocycles. The fourth-order valence-corrected chi connectivity index (χ4v) is 2.15. The van der Waals surface area contributed by atoms with Gasteiger partial charge in [0.25, 0.3) is 5.91 Å². The second kappa shape index (κ2) is 7.39. The third-order valence-electron chi connectivity index (χ3n) is 3.34. The number of nitrogens with zero attached hydrogens (tertiary/aromatic N) is 1. The summed E-state index contributed by atoms with van der Waals surface area (Å²) in [5, 5.41) is 0. The second-order valence-electron chi connectivity index (χ2n) is 4.81. The maximum absolute atomic E-state index is 12.5. The fourth-order valence-electron chi connectivity index (χ4n) is 2.15. The molecule has 108 valence electrons. The van der Waals surface area contributed by atoms with Crippen LogP contribution in [0.25, 0.3) is 0 Å². The summed E-state index contributed by atoms with van der Waals surface area (Å²) in [4.78, 5) is 25.9. The van der Waals surface area contributed by atoms with Gasteiger partial charge in [0.15, 0.2) is 0 Å². The van der Waals surface area contributed by atoms with Crippen molar-refractivity contribution in [2.24, 2.45) is 0 Å². The quantitative estimate of drug-likeness (QED) is 0.843. The van der Waals surface area contributed by atoms with Crippen molar-refractivity contribution in [2.75, 3.05) is 6.54 Å². The van der Waals surface area contributed by atoms with Crippen molar-refractivity contribution in [1.29, 1.82) is 0 Å². The summed E-state index contributed by atoms with van der Waals surface area (Å²) < 4.78 is 0. The van der Waals surface area contributed by atoms with Gasteiger partial charge in [0.05, 0.1) is 0 Å². The molecule has 21 heavy (non-hydrogen) atoms. The van der Waals surface area contributed by atoms with Crippen LogP contribution in [0.5, 0.6) is 0 Å². The lowest BCUT2D eigenvalue weighted by Gasteiger charge is -2.20.